The van der Waals surface area contributed by atoms with Crippen LogP contribution < -0.4 is 10.1 Å². The zero-order valence-corrected chi connectivity index (χ0v) is 15.4. The van der Waals surface area contributed by atoms with Gasteiger partial charge in [0.2, 0.25) is 5.13 Å². The van der Waals surface area contributed by atoms with Gasteiger partial charge in [-0.15, -0.1) is 0 Å². The van der Waals surface area contributed by atoms with Crippen molar-refractivity contribution in [3.05, 3.63) is 65.0 Å². The van der Waals surface area contributed by atoms with Crippen LogP contribution in [0.5, 0.6) is 11.5 Å². The topological polar surface area (TPSA) is 56.3 Å². The quantitative estimate of drug-likeness (QED) is 0.665. The van der Waals surface area contributed by atoms with E-state index in [0.29, 0.717) is 30.0 Å². The number of benzene rings is 2. The Morgan fingerprint density at radius 1 is 1.19 bits per heavy atom. The molecule has 1 aliphatic rings. The van der Waals surface area contributed by atoms with Crippen LogP contribution in [0.1, 0.15) is 22.6 Å². The molecule has 0 bridgehead atoms. The van der Waals surface area contributed by atoms with Crippen molar-refractivity contribution in [2.24, 2.45) is 0 Å². The van der Waals surface area contributed by atoms with Crippen molar-refractivity contribution in [3.63, 3.8) is 0 Å². The van der Waals surface area contributed by atoms with Crippen LogP contribution in [0.4, 0.5) is 13.9 Å². The third-order valence-corrected chi connectivity index (χ3v) is 4.93. The molecule has 0 radical (unpaired) electrons. The average molecular weight is 389 g/mol. The molecule has 2 heterocycles. The molecule has 1 fully saturated rings. The SMILES string of the molecule is Cc1cc(Oc2cc(F)c(CNc3ncns3)cc2F)cc(C2COC2)c1. The summed E-state index contributed by atoms with van der Waals surface area (Å²) in [7, 11) is 0. The minimum atomic E-state index is -0.625. The summed E-state index contributed by atoms with van der Waals surface area (Å²) >= 11 is 1.15. The Morgan fingerprint density at radius 2 is 2.04 bits per heavy atom. The van der Waals surface area contributed by atoms with Crippen molar-refractivity contribution < 1.29 is 18.3 Å². The molecule has 3 aromatic rings. The van der Waals surface area contributed by atoms with Gasteiger partial charge in [-0.1, -0.05) is 6.07 Å². The van der Waals surface area contributed by atoms with Crippen LogP contribution in [-0.4, -0.2) is 22.6 Å². The number of halogens is 2. The summed E-state index contributed by atoms with van der Waals surface area (Å²) in [5.74, 6) is -0.518. The van der Waals surface area contributed by atoms with Gasteiger partial charge >= 0.3 is 0 Å². The highest BCUT2D eigenvalue weighted by molar-refractivity contribution is 7.09. The van der Waals surface area contributed by atoms with Crippen LogP contribution in [0.2, 0.25) is 0 Å². The second-order valence-electron chi connectivity index (χ2n) is 6.39. The van der Waals surface area contributed by atoms with Crippen molar-refractivity contribution in [2.45, 2.75) is 19.4 Å². The van der Waals surface area contributed by atoms with E-state index in [9.17, 15) is 8.78 Å². The van der Waals surface area contributed by atoms with Gasteiger partial charge in [0.25, 0.3) is 0 Å². The Bertz CT molecular complexity index is 946. The molecule has 0 amide bonds. The molecule has 5 nitrogen and oxygen atoms in total. The van der Waals surface area contributed by atoms with Gasteiger partial charge in [0, 0.05) is 35.6 Å². The Balaban J connectivity index is 1.52. The van der Waals surface area contributed by atoms with Gasteiger partial charge in [0.15, 0.2) is 11.6 Å². The highest BCUT2D eigenvalue weighted by atomic mass is 32.1. The van der Waals surface area contributed by atoms with Gasteiger partial charge < -0.3 is 14.8 Å². The molecule has 0 atom stereocenters. The maximum Gasteiger partial charge on any atom is 0.202 e. The van der Waals surface area contributed by atoms with Gasteiger partial charge in [-0.2, -0.15) is 4.37 Å². The second kappa shape index (κ2) is 7.58. The van der Waals surface area contributed by atoms with E-state index in [1.54, 1.807) is 6.07 Å². The number of nitrogens with one attached hydrogen (secondary N) is 1. The zero-order chi connectivity index (χ0) is 18.8. The lowest BCUT2D eigenvalue weighted by atomic mass is 9.96. The summed E-state index contributed by atoms with van der Waals surface area (Å²) in [6, 6.07) is 7.91. The molecule has 1 N–H and O–H groups in total. The molecule has 1 aromatic heterocycles. The first-order valence-electron chi connectivity index (χ1n) is 8.44. The summed E-state index contributed by atoms with van der Waals surface area (Å²) in [5, 5.41) is 3.45. The van der Waals surface area contributed by atoms with Gasteiger partial charge in [0.1, 0.15) is 17.9 Å². The molecule has 0 saturated carbocycles. The van der Waals surface area contributed by atoms with Crippen LogP contribution in [0.15, 0.2) is 36.7 Å². The van der Waals surface area contributed by atoms with Crippen molar-refractivity contribution in [1.82, 2.24) is 9.36 Å². The minimum absolute atomic E-state index is 0.106. The molecule has 140 valence electrons. The molecule has 4 rings (SSSR count). The maximum atomic E-state index is 14.5. The molecule has 1 saturated heterocycles. The Morgan fingerprint density at radius 3 is 2.74 bits per heavy atom. The number of anilines is 1. The van der Waals surface area contributed by atoms with Crippen molar-refractivity contribution >= 4 is 16.7 Å². The summed E-state index contributed by atoms with van der Waals surface area (Å²) in [5.41, 5.74) is 2.26. The van der Waals surface area contributed by atoms with Gasteiger partial charge in [-0.25, -0.2) is 13.8 Å². The Kier molecular flexibility index (Phi) is 5.00. The van der Waals surface area contributed by atoms with E-state index in [1.165, 1.54) is 6.33 Å². The molecule has 0 spiro atoms. The van der Waals surface area contributed by atoms with E-state index >= 15 is 0 Å². The van der Waals surface area contributed by atoms with E-state index in [1.807, 2.05) is 13.0 Å². The predicted molar refractivity (Wildman–Crippen MR) is 98.4 cm³/mol. The number of hydrogen-bond donors (Lipinski definition) is 1. The first-order valence-corrected chi connectivity index (χ1v) is 9.21. The van der Waals surface area contributed by atoms with E-state index < -0.39 is 11.6 Å². The maximum absolute atomic E-state index is 14.5. The van der Waals surface area contributed by atoms with Crippen molar-refractivity contribution in [2.75, 3.05) is 18.5 Å². The monoisotopic (exact) mass is 389 g/mol. The fourth-order valence-electron chi connectivity index (χ4n) is 2.83. The number of aryl methyl sites for hydroxylation is 1. The van der Waals surface area contributed by atoms with E-state index in [4.69, 9.17) is 9.47 Å². The molecular weight excluding hydrogens is 372 g/mol. The Hall–Kier alpha value is -2.58. The summed E-state index contributed by atoms with van der Waals surface area (Å²) in [6.07, 6.45) is 1.40. The van der Waals surface area contributed by atoms with Crippen molar-refractivity contribution in [1.29, 1.82) is 0 Å². The molecule has 1 aliphatic heterocycles. The van der Waals surface area contributed by atoms with E-state index in [2.05, 4.69) is 20.7 Å². The third-order valence-electron chi connectivity index (χ3n) is 4.30. The lowest BCUT2D eigenvalue weighted by Crippen LogP contribution is -2.25. The van der Waals surface area contributed by atoms with Crippen LogP contribution in [0.25, 0.3) is 0 Å². The van der Waals surface area contributed by atoms with Crippen LogP contribution in [0.3, 0.4) is 0 Å². The fourth-order valence-corrected chi connectivity index (χ4v) is 3.26. The van der Waals surface area contributed by atoms with E-state index in [-0.39, 0.29) is 17.9 Å². The normalized spacial score (nSPS) is 14.0. The van der Waals surface area contributed by atoms with Gasteiger partial charge in [0.05, 0.1) is 13.2 Å². The second-order valence-corrected chi connectivity index (χ2v) is 7.17. The molecular formula is C19H17F2N3O2S. The third kappa shape index (κ3) is 4.06. The number of hydrogen-bond acceptors (Lipinski definition) is 6. The van der Waals surface area contributed by atoms with Gasteiger partial charge in [-0.3, -0.25) is 0 Å². The first-order chi connectivity index (χ1) is 13.1. The molecule has 0 unspecified atom stereocenters. The number of ether oxygens (including phenoxy) is 2. The lowest BCUT2D eigenvalue weighted by Gasteiger charge is -2.27. The number of rotatable bonds is 6. The van der Waals surface area contributed by atoms with Crippen LogP contribution >= 0.6 is 11.5 Å². The number of nitrogens with zero attached hydrogens (tertiary/aromatic N) is 2. The van der Waals surface area contributed by atoms with Gasteiger partial charge in [-0.05, 0) is 36.2 Å². The number of aromatic nitrogens is 2. The Labute approximate surface area is 159 Å². The summed E-state index contributed by atoms with van der Waals surface area (Å²) in [4.78, 5) is 3.95. The molecule has 2 aromatic carbocycles. The van der Waals surface area contributed by atoms with Crippen molar-refractivity contribution in [3.8, 4) is 11.5 Å². The predicted octanol–water partition coefficient (Wildman–Crippen LogP) is 4.64. The van der Waals surface area contributed by atoms with Crippen LogP contribution in [0, 0.1) is 18.6 Å². The average Bonchev–Trinajstić information content (AvgIpc) is 3.08. The summed E-state index contributed by atoms with van der Waals surface area (Å²) < 4.78 is 43.5. The fraction of sp³-hybridized carbons (Fsp3) is 0.263. The standard InChI is InChI=1S/C19H17F2N3O2S/c1-11-2-12(14-8-25-9-14)4-15(3-11)26-18-6-16(20)13(5-17(18)21)7-22-19-23-10-24-27-19/h2-6,10,14H,7-9H2,1H3,(H,22,23,24). The highest BCUT2D eigenvalue weighted by Gasteiger charge is 2.21. The van der Waals surface area contributed by atoms with Crippen LogP contribution in [-0.2, 0) is 11.3 Å². The zero-order valence-electron chi connectivity index (χ0n) is 14.5. The lowest BCUT2D eigenvalue weighted by molar-refractivity contribution is 0.00835. The van der Waals surface area contributed by atoms with E-state index in [0.717, 1.165) is 34.8 Å². The minimum Gasteiger partial charge on any atom is -0.454 e. The largest absolute Gasteiger partial charge is 0.454 e. The highest BCUT2D eigenvalue weighted by Crippen LogP contribution is 2.32. The molecule has 8 heteroatoms. The summed E-state index contributed by atoms with van der Waals surface area (Å²) in [6.45, 7) is 3.38. The molecule has 0 aliphatic carbocycles. The smallest absolute Gasteiger partial charge is 0.202 e. The first kappa shape index (κ1) is 17.8. The molecule has 27 heavy (non-hydrogen) atoms.